The molecule has 0 aromatic carbocycles. The molecule has 3 N–H and O–H groups in total. The molecule has 2 rings (SSSR count). The van der Waals surface area contributed by atoms with Gasteiger partial charge in [-0.05, 0) is 29.8 Å². The molecule has 1 aromatic rings. The van der Waals surface area contributed by atoms with Gasteiger partial charge in [0.1, 0.15) is 10.4 Å². The van der Waals surface area contributed by atoms with Gasteiger partial charge in [0.05, 0.1) is 6.20 Å². The Morgan fingerprint density at radius 3 is 2.62 bits per heavy atom. The molecule has 2 atom stereocenters. The Bertz CT molecular complexity index is 373. The second-order valence-corrected chi connectivity index (χ2v) is 5.03. The maximum Gasteiger partial charge on any atom is 0.159 e. The molecule has 1 aliphatic heterocycles. The second kappa shape index (κ2) is 4.55. The van der Waals surface area contributed by atoms with Gasteiger partial charge in [0.2, 0.25) is 0 Å². The van der Waals surface area contributed by atoms with Crippen molar-refractivity contribution >= 4 is 27.6 Å². The molecule has 0 bridgehead atoms. The highest BCUT2D eigenvalue weighted by Gasteiger charge is 2.22. The fourth-order valence-electron chi connectivity index (χ4n) is 2.05. The summed E-state index contributed by atoms with van der Waals surface area (Å²) in [7, 11) is 0. The highest BCUT2D eigenvalue weighted by molar-refractivity contribution is 9.10. The summed E-state index contributed by atoms with van der Waals surface area (Å²) >= 11 is 3.25. The minimum absolute atomic E-state index is 0.441. The SMILES string of the molecule is CC1CN(c2cnc(Br)c(N)n2)CC(C)N1. The van der Waals surface area contributed by atoms with Crippen molar-refractivity contribution in [1.82, 2.24) is 15.3 Å². The number of nitrogens with one attached hydrogen (secondary N) is 1. The van der Waals surface area contributed by atoms with E-state index >= 15 is 0 Å². The van der Waals surface area contributed by atoms with Crippen molar-refractivity contribution in [3.8, 4) is 0 Å². The van der Waals surface area contributed by atoms with Crippen LogP contribution in [0.5, 0.6) is 0 Å². The zero-order valence-corrected chi connectivity index (χ0v) is 11.0. The van der Waals surface area contributed by atoms with E-state index in [1.807, 2.05) is 0 Å². The molecule has 0 aliphatic carbocycles. The third-order valence-electron chi connectivity index (χ3n) is 2.62. The molecule has 0 spiro atoms. The molecule has 0 radical (unpaired) electrons. The maximum absolute atomic E-state index is 5.73. The smallest absolute Gasteiger partial charge is 0.159 e. The van der Waals surface area contributed by atoms with E-state index in [2.05, 4.69) is 50.0 Å². The molecule has 5 nitrogen and oxygen atoms in total. The Hall–Kier alpha value is -0.880. The average Bonchev–Trinajstić information content (AvgIpc) is 2.20. The van der Waals surface area contributed by atoms with E-state index in [9.17, 15) is 0 Å². The van der Waals surface area contributed by atoms with Crippen LogP contribution in [-0.2, 0) is 0 Å². The zero-order valence-electron chi connectivity index (χ0n) is 9.44. The Morgan fingerprint density at radius 1 is 1.44 bits per heavy atom. The number of nitrogens with zero attached hydrogens (tertiary/aromatic N) is 3. The van der Waals surface area contributed by atoms with Gasteiger partial charge in [0.15, 0.2) is 5.82 Å². The van der Waals surface area contributed by atoms with Gasteiger partial charge >= 0.3 is 0 Å². The molecule has 2 heterocycles. The van der Waals surface area contributed by atoms with Gasteiger partial charge in [-0.25, -0.2) is 9.97 Å². The first-order valence-electron chi connectivity index (χ1n) is 5.35. The first-order chi connectivity index (χ1) is 7.56. The number of aromatic nitrogens is 2. The summed E-state index contributed by atoms with van der Waals surface area (Å²) in [6.45, 7) is 6.19. The molecule has 1 aliphatic rings. The topological polar surface area (TPSA) is 67.1 Å². The largest absolute Gasteiger partial charge is 0.381 e. The number of piperazine rings is 1. The first kappa shape index (κ1) is 11.6. The number of hydrogen-bond donors (Lipinski definition) is 2. The molecule has 16 heavy (non-hydrogen) atoms. The van der Waals surface area contributed by atoms with Gasteiger partial charge in [-0.3, -0.25) is 0 Å². The van der Waals surface area contributed by atoms with E-state index in [1.165, 1.54) is 0 Å². The van der Waals surface area contributed by atoms with Crippen molar-refractivity contribution in [2.45, 2.75) is 25.9 Å². The van der Waals surface area contributed by atoms with Crippen LogP contribution in [0.4, 0.5) is 11.6 Å². The van der Waals surface area contributed by atoms with Crippen molar-refractivity contribution in [2.24, 2.45) is 0 Å². The van der Waals surface area contributed by atoms with Gasteiger partial charge in [0.25, 0.3) is 0 Å². The van der Waals surface area contributed by atoms with Crippen LogP contribution in [-0.4, -0.2) is 35.1 Å². The van der Waals surface area contributed by atoms with Gasteiger partial charge in [-0.15, -0.1) is 0 Å². The molecular weight excluding hydrogens is 270 g/mol. The molecular formula is C10H16BrN5. The molecule has 0 amide bonds. The van der Waals surface area contributed by atoms with Crippen molar-refractivity contribution in [1.29, 1.82) is 0 Å². The molecule has 1 aromatic heterocycles. The number of hydrogen-bond acceptors (Lipinski definition) is 5. The van der Waals surface area contributed by atoms with Gasteiger partial charge < -0.3 is 16.0 Å². The van der Waals surface area contributed by atoms with E-state index in [-0.39, 0.29) is 0 Å². The maximum atomic E-state index is 5.73. The summed E-state index contributed by atoms with van der Waals surface area (Å²) in [5.41, 5.74) is 5.73. The monoisotopic (exact) mass is 285 g/mol. The van der Waals surface area contributed by atoms with E-state index in [0.29, 0.717) is 22.5 Å². The summed E-state index contributed by atoms with van der Waals surface area (Å²) in [6, 6.07) is 0.908. The minimum atomic E-state index is 0.441. The number of nitrogen functional groups attached to an aromatic ring is 1. The average molecular weight is 286 g/mol. The Morgan fingerprint density at radius 2 is 2.06 bits per heavy atom. The van der Waals surface area contributed by atoms with Crippen molar-refractivity contribution in [2.75, 3.05) is 23.7 Å². The lowest BCUT2D eigenvalue weighted by atomic mass is 10.1. The van der Waals surface area contributed by atoms with Gasteiger partial charge in [0, 0.05) is 25.2 Å². The molecule has 1 fully saturated rings. The summed E-state index contributed by atoms with van der Waals surface area (Å²) in [5, 5.41) is 3.47. The van der Waals surface area contributed by atoms with E-state index < -0.39 is 0 Å². The van der Waals surface area contributed by atoms with Gasteiger partial charge in [-0.2, -0.15) is 0 Å². The summed E-state index contributed by atoms with van der Waals surface area (Å²) in [5.74, 6) is 1.29. The zero-order chi connectivity index (χ0) is 11.7. The predicted molar refractivity (Wildman–Crippen MR) is 68.4 cm³/mol. The van der Waals surface area contributed by atoms with E-state index in [1.54, 1.807) is 6.20 Å². The lowest BCUT2D eigenvalue weighted by Gasteiger charge is -2.36. The number of halogens is 1. The Balaban J connectivity index is 2.19. The summed E-state index contributed by atoms with van der Waals surface area (Å²) in [6.07, 6.45) is 1.76. The van der Waals surface area contributed by atoms with E-state index in [0.717, 1.165) is 18.9 Å². The molecule has 6 heteroatoms. The fraction of sp³-hybridized carbons (Fsp3) is 0.600. The highest BCUT2D eigenvalue weighted by atomic mass is 79.9. The van der Waals surface area contributed by atoms with Crippen LogP contribution < -0.4 is 16.0 Å². The van der Waals surface area contributed by atoms with Crippen LogP contribution in [0.15, 0.2) is 10.8 Å². The van der Waals surface area contributed by atoms with Crippen molar-refractivity contribution in [3.63, 3.8) is 0 Å². The summed E-state index contributed by atoms with van der Waals surface area (Å²) in [4.78, 5) is 10.7. The van der Waals surface area contributed by atoms with Crippen LogP contribution in [0.3, 0.4) is 0 Å². The van der Waals surface area contributed by atoms with Gasteiger partial charge in [-0.1, -0.05) is 0 Å². The number of nitrogens with two attached hydrogens (primary N) is 1. The molecule has 1 saturated heterocycles. The third-order valence-corrected chi connectivity index (χ3v) is 3.23. The Labute approximate surface area is 104 Å². The van der Waals surface area contributed by atoms with Crippen molar-refractivity contribution < 1.29 is 0 Å². The lowest BCUT2D eigenvalue weighted by molar-refractivity contribution is 0.405. The van der Waals surface area contributed by atoms with Crippen LogP contribution >= 0.6 is 15.9 Å². The normalized spacial score (nSPS) is 25.8. The van der Waals surface area contributed by atoms with Crippen LogP contribution in [0.2, 0.25) is 0 Å². The number of rotatable bonds is 1. The van der Waals surface area contributed by atoms with Crippen LogP contribution in [0, 0.1) is 0 Å². The first-order valence-corrected chi connectivity index (χ1v) is 6.14. The highest BCUT2D eigenvalue weighted by Crippen LogP contribution is 2.20. The standard InChI is InChI=1S/C10H16BrN5/c1-6-4-16(5-7(2)14-6)8-3-13-9(11)10(12)15-8/h3,6-7,14H,4-5H2,1-2H3,(H2,12,15). The Kier molecular flexibility index (Phi) is 3.30. The third kappa shape index (κ3) is 2.44. The molecule has 88 valence electrons. The summed E-state index contributed by atoms with van der Waals surface area (Å²) < 4.78 is 0.604. The predicted octanol–water partition coefficient (Wildman–Crippen LogP) is 1.01. The second-order valence-electron chi connectivity index (χ2n) is 4.28. The lowest BCUT2D eigenvalue weighted by Crippen LogP contribution is -2.54. The molecule has 0 saturated carbocycles. The van der Waals surface area contributed by atoms with Crippen LogP contribution in [0.1, 0.15) is 13.8 Å². The minimum Gasteiger partial charge on any atom is -0.381 e. The number of anilines is 2. The van der Waals surface area contributed by atoms with Crippen LogP contribution in [0.25, 0.3) is 0 Å². The fourth-order valence-corrected chi connectivity index (χ4v) is 2.24. The molecule has 2 unspecified atom stereocenters. The van der Waals surface area contributed by atoms with E-state index in [4.69, 9.17) is 5.73 Å². The van der Waals surface area contributed by atoms with Crippen molar-refractivity contribution in [3.05, 3.63) is 10.8 Å². The quantitative estimate of drug-likeness (QED) is 0.806.